The molecule has 4 rings (SSSR count). The second-order valence-corrected chi connectivity index (χ2v) is 11.7. The number of hydrogen-bond acceptors (Lipinski definition) is 6. The van der Waals surface area contributed by atoms with Gasteiger partial charge in [-0.1, -0.05) is 26.8 Å². The van der Waals surface area contributed by atoms with Gasteiger partial charge in [-0.25, -0.2) is 12.8 Å². The third kappa shape index (κ3) is 6.02. The number of hydrogen-bond donors (Lipinski definition) is 1. The van der Waals surface area contributed by atoms with Crippen molar-refractivity contribution in [1.29, 1.82) is 0 Å². The van der Waals surface area contributed by atoms with Gasteiger partial charge in [0.1, 0.15) is 29.7 Å². The van der Waals surface area contributed by atoms with Crippen LogP contribution in [0.2, 0.25) is 0 Å². The molecule has 0 fully saturated rings. The maximum Gasteiger partial charge on any atom is 0.264 e. The summed E-state index contributed by atoms with van der Waals surface area (Å²) in [6.07, 6.45) is -1.08. The van der Waals surface area contributed by atoms with Crippen molar-refractivity contribution in [2.75, 3.05) is 31.1 Å². The number of nitrogens with zero attached hydrogens (tertiary/aromatic N) is 1. The molecule has 202 valence electrons. The van der Waals surface area contributed by atoms with Crippen molar-refractivity contribution in [2.24, 2.45) is 0 Å². The normalized spacial score (nSPS) is 15.3. The number of ether oxygens (including phenoxy) is 3. The Bertz CT molecular complexity index is 1390. The lowest BCUT2D eigenvalue weighted by molar-refractivity contribution is -0.127. The van der Waals surface area contributed by atoms with Crippen LogP contribution in [0.3, 0.4) is 0 Å². The van der Waals surface area contributed by atoms with E-state index in [1.807, 2.05) is 26.8 Å². The van der Waals surface area contributed by atoms with Crippen LogP contribution in [0.1, 0.15) is 26.3 Å². The summed E-state index contributed by atoms with van der Waals surface area (Å²) in [7, 11) is -2.53. The highest BCUT2D eigenvalue weighted by molar-refractivity contribution is 7.92. The molecule has 1 aliphatic rings. The van der Waals surface area contributed by atoms with Crippen molar-refractivity contribution < 1.29 is 31.8 Å². The first-order chi connectivity index (χ1) is 18.0. The highest BCUT2D eigenvalue weighted by atomic mass is 32.2. The summed E-state index contributed by atoms with van der Waals surface area (Å²) >= 11 is 0. The van der Waals surface area contributed by atoms with Gasteiger partial charge in [0.2, 0.25) is 0 Å². The number of methoxy groups -OCH3 is 1. The van der Waals surface area contributed by atoms with Crippen LogP contribution < -0.4 is 23.8 Å². The molecule has 0 aliphatic carbocycles. The number of nitrogens with one attached hydrogen (secondary N) is 1. The molecule has 1 heterocycles. The standard InChI is InChI=1S/C28H31FN2O6S/c1-28(2,3)19-5-14-25-24(17-19)31(38(33,34)23-12-10-21(35-4)11-13-23)18-26(37-25)27(32)30-15-16-36-22-8-6-20(29)7-9-22/h5-14,17,26H,15-16,18H2,1-4H3,(H,30,32). The maximum atomic E-state index is 13.8. The number of carbonyl (C=O) groups excluding carboxylic acids is 1. The van der Waals surface area contributed by atoms with E-state index < -0.39 is 22.0 Å². The molecule has 1 aliphatic heterocycles. The largest absolute Gasteiger partial charge is 0.497 e. The van der Waals surface area contributed by atoms with Crippen molar-refractivity contribution >= 4 is 21.6 Å². The summed E-state index contributed by atoms with van der Waals surface area (Å²) in [5.74, 6) is 0.442. The van der Waals surface area contributed by atoms with Crippen LogP contribution in [0.25, 0.3) is 0 Å². The van der Waals surface area contributed by atoms with Gasteiger partial charge in [-0.05, 0) is 71.6 Å². The molecule has 0 radical (unpaired) electrons. The lowest BCUT2D eigenvalue weighted by Gasteiger charge is -2.36. The van der Waals surface area contributed by atoms with Gasteiger partial charge >= 0.3 is 0 Å². The van der Waals surface area contributed by atoms with E-state index >= 15 is 0 Å². The van der Waals surface area contributed by atoms with Gasteiger partial charge in [0.25, 0.3) is 15.9 Å². The van der Waals surface area contributed by atoms with Gasteiger partial charge in [-0.15, -0.1) is 0 Å². The van der Waals surface area contributed by atoms with Crippen LogP contribution in [0, 0.1) is 5.82 Å². The van der Waals surface area contributed by atoms with Crippen molar-refractivity contribution in [2.45, 2.75) is 37.2 Å². The quantitative estimate of drug-likeness (QED) is 0.427. The first kappa shape index (κ1) is 27.3. The van der Waals surface area contributed by atoms with Crippen LogP contribution in [0.4, 0.5) is 10.1 Å². The van der Waals surface area contributed by atoms with Crippen molar-refractivity contribution in [3.63, 3.8) is 0 Å². The van der Waals surface area contributed by atoms with E-state index in [0.717, 1.165) is 5.56 Å². The molecule has 38 heavy (non-hydrogen) atoms. The zero-order valence-electron chi connectivity index (χ0n) is 21.7. The molecule has 0 aromatic heterocycles. The van der Waals surface area contributed by atoms with Crippen molar-refractivity contribution in [3.8, 4) is 17.2 Å². The molecule has 10 heteroatoms. The van der Waals surface area contributed by atoms with Gasteiger partial charge in [-0.3, -0.25) is 9.10 Å². The topological polar surface area (TPSA) is 94.2 Å². The predicted octanol–water partition coefficient (Wildman–Crippen LogP) is 4.28. The Kier molecular flexibility index (Phi) is 7.82. The minimum atomic E-state index is -4.03. The number of sulfonamides is 1. The minimum absolute atomic E-state index is 0.0687. The Morgan fingerprint density at radius 1 is 1.05 bits per heavy atom. The molecular weight excluding hydrogens is 511 g/mol. The summed E-state index contributed by atoms with van der Waals surface area (Å²) in [6, 6.07) is 17.0. The zero-order valence-corrected chi connectivity index (χ0v) is 22.5. The van der Waals surface area contributed by atoms with E-state index in [9.17, 15) is 17.6 Å². The Hall–Kier alpha value is -3.79. The molecule has 0 saturated carbocycles. The fraction of sp³-hybridized carbons (Fsp3) is 0.321. The number of anilines is 1. The lowest BCUT2D eigenvalue weighted by Crippen LogP contribution is -2.51. The van der Waals surface area contributed by atoms with E-state index in [1.54, 1.807) is 24.3 Å². The molecule has 1 N–H and O–H groups in total. The molecule has 3 aromatic rings. The van der Waals surface area contributed by atoms with Crippen LogP contribution >= 0.6 is 0 Å². The first-order valence-electron chi connectivity index (χ1n) is 12.1. The molecule has 8 nitrogen and oxygen atoms in total. The van der Waals surface area contributed by atoms with Gasteiger partial charge < -0.3 is 19.5 Å². The predicted molar refractivity (Wildman–Crippen MR) is 142 cm³/mol. The van der Waals surface area contributed by atoms with E-state index in [-0.39, 0.29) is 35.8 Å². The highest BCUT2D eigenvalue weighted by Crippen LogP contribution is 2.40. The Morgan fingerprint density at radius 3 is 2.34 bits per heavy atom. The monoisotopic (exact) mass is 542 g/mol. The average molecular weight is 543 g/mol. The second-order valence-electron chi connectivity index (χ2n) is 9.84. The second kappa shape index (κ2) is 10.9. The third-order valence-electron chi connectivity index (χ3n) is 6.12. The minimum Gasteiger partial charge on any atom is -0.497 e. The number of carbonyl (C=O) groups is 1. The SMILES string of the molecule is COc1ccc(S(=O)(=O)N2CC(C(=O)NCCOc3ccc(F)cc3)Oc3ccc(C(C)(C)C)cc32)cc1. The van der Waals surface area contributed by atoms with Crippen LogP contribution in [0.15, 0.2) is 71.6 Å². The van der Waals surface area contributed by atoms with Gasteiger partial charge in [0.15, 0.2) is 6.10 Å². The molecule has 1 atom stereocenters. The first-order valence-corrected chi connectivity index (χ1v) is 13.6. The zero-order chi connectivity index (χ0) is 27.5. The third-order valence-corrected chi connectivity index (χ3v) is 7.91. The van der Waals surface area contributed by atoms with Crippen molar-refractivity contribution in [3.05, 3.63) is 78.1 Å². The summed E-state index contributed by atoms with van der Waals surface area (Å²) < 4.78 is 58.5. The molecule has 0 bridgehead atoms. The molecular formula is C28H31FN2O6S. The number of amides is 1. The fourth-order valence-corrected chi connectivity index (χ4v) is 5.41. The molecule has 0 spiro atoms. The molecule has 1 unspecified atom stereocenters. The Labute approximate surface area is 222 Å². The van der Waals surface area contributed by atoms with Gasteiger partial charge in [0.05, 0.1) is 30.8 Å². The van der Waals surface area contributed by atoms with E-state index in [1.165, 1.54) is 47.8 Å². The van der Waals surface area contributed by atoms with Gasteiger partial charge in [-0.2, -0.15) is 0 Å². The van der Waals surface area contributed by atoms with Crippen LogP contribution in [-0.4, -0.2) is 47.2 Å². The van der Waals surface area contributed by atoms with Crippen LogP contribution in [0.5, 0.6) is 17.2 Å². The molecule has 3 aromatic carbocycles. The van der Waals surface area contributed by atoms with Gasteiger partial charge in [0, 0.05) is 0 Å². The summed E-state index contributed by atoms with van der Waals surface area (Å²) in [6.45, 7) is 6.18. The molecule has 1 amide bonds. The summed E-state index contributed by atoms with van der Waals surface area (Å²) in [4.78, 5) is 13.1. The number of benzene rings is 3. The summed E-state index contributed by atoms with van der Waals surface area (Å²) in [5, 5.41) is 2.73. The number of rotatable bonds is 8. The Balaban J connectivity index is 1.55. The number of fused-ring (bicyclic) bond motifs is 1. The maximum absolute atomic E-state index is 13.8. The van der Waals surface area contributed by atoms with Crippen molar-refractivity contribution in [1.82, 2.24) is 5.32 Å². The molecule has 0 saturated heterocycles. The van der Waals surface area contributed by atoms with E-state index in [2.05, 4.69) is 5.32 Å². The van der Waals surface area contributed by atoms with E-state index in [4.69, 9.17) is 14.2 Å². The smallest absolute Gasteiger partial charge is 0.264 e. The summed E-state index contributed by atoms with van der Waals surface area (Å²) in [5.41, 5.74) is 1.07. The number of halogens is 1. The van der Waals surface area contributed by atoms with E-state index in [0.29, 0.717) is 22.9 Å². The lowest BCUT2D eigenvalue weighted by atomic mass is 9.86. The highest BCUT2D eigenvalue weighted by Gasteiger charge is 2.38. The van der Waals surface area contributed by atoms with Crippen LogP contribution in [-0.2, 0) is 20.2 Å². The average Bonchev–Trinajstić information content (AvgIpc) is 2.90. The fourth-order valence-electron chi connectivity index (χ4n) is 3.94. The Morgan fingerprint density at radius 2 is 1.71 bits per heavy atom.